The summed E-state index contributed by atoms with van der Waals surface area (Å²) in [6.07, 6.45) is 5.57. The largest absolute Gasteiger partial charge is 0.496 e. The van der Waals surface area contributed by atoms with E-state index in [1.165, 1.54) is 6.07 Å². The van der Waals surface area contributed by atoms with Crippen molar-refractivity contribution in [2.45, 2.75) is 18.8 Å². The molecular formula is C23H29N5O3. The van der Waals surface area contributed by atoms with Crippen molar-refractivity contribution in [3.63, 3.8) is 0 Å². The van der Waals surface area contributed by atoms with Crippen LogP contribution in [0.2, 0.25) is 0 Å². The SMILES string of the molecule is COc1cc(=O)n(C)cc1-c1ccnc2[nH]c(C3CCN(CC(=O)N(C)C)CC3)cc12. The summed E-state index contributed by atoms with van der Waals surface area (Å²) in [6.45, 7) is 2.27. The van der Waals surface area contributed by atoms with Crippen molar-refractivity contribution in [1.29, 1.82) is 0 Å². The molecule has 1 amide bonds. The summed E-state index contributed by atoms with van der Waals surface area (Å²) in [4.78, 5) is 35.9. The van der Waals surface area contributed by atoms with Gasteiger partial charge in [0.25, 0.3) is 5.56 Å². The molecule has 31 heavy (non-hydrogen) atoms. The molecule has 0 aliphatic carbocycles. The molecule has 0 bridgehead atoms. The van der Waals surface area contributed by atoms with Crippen molar-refractivity contribution in [1.82, 2.24) is 24.3 Å². The van der Waals surface area contributed by atoms with Crippen LogP contribution in [0, 0.1) is 0 Å². The number of methoxy groups -OCH3 is 1. The van der Waals surface area contributed by atoms with Crippen molar-refractivity contribution >= 4 is 16.9 Å². The lowest BCUT2D eigenvalue weighted by molar-refractivity contribution is -0.130. The molecule has 4 heterocycles. The summed E-state index contributed by atoms with van der Waals surface area (Å²) >= 11 is 0. The highest BCUT2D eigenvalue weighted by Gasteiger charge is 2.24. The van der Waals surface area contributed by atoms with E-state index in [0.717, 1.165) is 53.8 Å². The van der Waals surface area contributed by atoms with Crippen LogP contribution in [0.3, 0.4) is 0 Å². The number of H-pyrrole nitrogens is 1. The number of likely N-dealkylation sites (N-methyl/N-ethyl adjacent to an activating group) is 1. The molecular weight excluding hydrogens is 394 g/mol. The Bertz CT molecular complexity index is 1160. The molecule has 3 aromatic rings. The molecule has 1 N–H and O–H groups in total. The Morgan fingerprint density at radius 2 is 2.00 bits per heavy atom. The van der Waals surface area contributed by atoms with Crippen molar-refractivity contribution < 1.29 is 9.53 Å². The van der Waals surface area contributed by atoms with Crippen LogP contribution in [0.4, 0.5) is 0 Å². The number of aromatic amines is 1. The molecule has 0 saturated carbocycles. The van der Waals surface area contributed by atoms with Crippen LogP contribution >= 0.6 is 0 Å². The summed E-state index contributed by atoms with van der Waals surface area (Å²) in [7, 11) is 6.91. The molecule has 1 aliphatic heterocycles. The molecule has 0 unspecified atom stereocenters. The maximum Gasteiger partial charge on any atom is 0.254 e. The minimum absolute atomic E-state index is 0.111. The second-order valence-electron chi connectivity index (χ2n) is 8.39. The summed E-state index contributed by atoms with van der Waals surface area (Å²) in [5.41, 5.74) is 3.72. The molecule has 1 aliphatic rings. The Labute approximate surface area is 181 Å². The third-order valence-corrected chi connectivity index (χ3v) is 6.14. The number of hydrogen-bond donors (Lipinski definition) is 1. The van der Waals surface area contributed by atoms with Gasteiger partial charge in [-0.1, -0.05) is 0 Å². The number of nitrogens with zero attached hydrogens (tertiary/aromatic N) is 4. The second kappa shape index (κ2) is 8.55. The van der Waals surface area contributed by atoms with Gasteiger partial charge in [0.05, 0.1) is 13.7 Å². The fraction of sp³-hybridized carbons (Fsp3) is 0.435. The van der Waals surface area contributed by atoms with Gasteiger partial charge in [-0.2, -0.15) is 0 Å². The number of carbonyl (C=O) groups is 1. The number of ether oxygens (including phenoxy) is 1. The predicted octanol–water partition coefficient (Wildman–Crippen LogP) is 2.20. The van der Waals surface area contributed by atoms with Crippen molar-refractivity contribution in [2.75, 3.05) is 40.8 Å². The molecule has 8 nitrogen and oxygen atoms in total. The molecule has 0 atom stereocenters. The number of likely N-dealkylation sites (tertiary alicyclic amines) is 1. The van der Waals surface area contributed by atoms with Gasteiger partial charge < -0.3 is 19.2 Å². The maximum atomic E-state index is 12.0. The van der Waals surface area contributed by atoms with Gasteiger partial charge in [0, 0.05) is 62.2 Å². The maximum absolute atomic E-state index is 12.0. The van der Waals surface area contributed by atoms with Crippen molar-refractivity contribution in [3.05, 3.63) is 46.6 Å². The average molecular weight is 424 g/mol. The highest BCUT2D eigenvalue weighted by Crippen LogP contribution is 2.36. The minimum atomic E-state index is -0.111. The van der Waals surface area contributed by atoms with E-state index in [-0.39, 0.29) is 11.5 Å². The highest BCUT2D eigenvalue weighted by molar-refractivity contribution is 5.95. The van der Waals surface area contributed by atoms with Gasteiger partial charge in [0.15, 0.2) is 0 Å². The van der Waals surface area contributed by atoms with E-state index in [0.29, 0.717) is 18.2 Å². The topological polar surface area (TPSA) is 83.5 Å². The summed E-state index contributed by atoms with van der Waals surface area (Å²) in [5.74, 6) is 1.09. The first-order chi connectivity index (χ1) is 14.9. The third-order valence-electron chi connectivity index (χ3n) is 6.14. The van der Waals surface area contributed by atoms with E-state index in [1.54, 1.807) is 43.9 Å². The Morgan fingerprint density at radius 3 is 2.68 bits per heavy atom. The minimum Gasteiger partial charge on any atom is -0.496 e. The normalized spacial score (nSPS) is 15.4. The Balaban J connectivity index is 1.60. The Morgan fingerprint density at radius 1 is 1.26 bits per heavy atom. The molecule has 8 heteroatoms. The molecule has 3 aromatic heterocycles. The van der Waals surface area contributed by atoms with E-state index < -0.39 is 0 Å². The first kappa shape index (κ1) is 21.1. The number of rotatable bonds is 5. The van der Waals surface area contributed by atoms with Crippen LogP contribution in [0.5, 0.6) is 5.75 Å². The van der Waals surface area contributed by atoms with E-state index in [4.69, 9.17) is 4.74 Å². The van der Waals surface area contributed by atoms with Gasteiger partial charge >= 0.3 is 0 Å². The quantitative estimate of drug-likeness (QED) is 0.680. The molecule has 164 valence electrons. The van der Waals surface area contributed by atoms with E-state index >= 15 is 0 Å². The van der Waals surface area contributed by atoms with Gasteiger partial charge in [-0.3, -0.25) is 14.5 Å². The zero-order valence-corrected chi connectivity index (χ0v) is 18.5. The van der Waals surface area contributed by atoms with Crippen LogP contribution in [0.25, 0.3) is 22.2 Å². The van der Waals surface area contributed by atoms with Crippen LogP contribution in [0.1, 0.15) is 24.5 Å². The Hall–Kier alpha value is -3.13. The van der Waals surface area contributed by atoms with Gasteiger partial charge in [-0.05, 0) is 43.6 Å². The summed E-state index contributed by atoms with van der Waals surface area (Å²) in [6, 6.07) is 5.64. The first-order valence-corrected chi connectivity index (χ1v) is 10.5. The average Bonchev–Trinajstić information content (AvgIpc) is 3.20. The van der Waals surface area contributed by atoms with Crippen molar-refractivity contribution in [2.24, 2.45) is 7.05 Å². The molecule has 0 aromatic carbocycles. The van der Waals surface area contributed by atoms with Gasteiger partial charge in [0.1, 0.15) is 11.4 Å². The number of piperidine rings is 1. The monoisotopic (exact) mass is 423 g/mol. The number of fused-ring (bicyclic) bond motifs is 1. The third kappa shape index (κ3) is 4.20. The van der Waals surface area contributed by atoms with E-state index in [9.17, 15) is 9.59 Å². The fourth-order valence-electron chi connectivity index (χ4n) is 4.22. The smallest absolute Gasteiger partial charge is 0.254 e. The molecule has 0 spiro atoms. The standard InChI is InChI=1S/C23H29N5O3/c1-26(2)22(30)14-28-9-6-15(7-10-28)19-11-17-16(5-8-24-23(17)25-19)18-13-27(3)21(29)12-20(18)31-4/h5,8,11-13,15H,6-7,9-10,14H2,1-4H3,(H,24,25). The number of pyridine rings is 2. The zero-order valence-electron chi connectivity index (χ0n) is 18.5. The van der Waals surface area contributed by atoms with Crippen LogP contribution in [0.15, 0.2) is 35.4 Å². The highest BCUT2D eigenvalue weighted by atomic mass is 16.5. The van der Waals surface area contributed by atoms with Gasteiger partial charge in [-0.15, -0.1) is 0 Å². The molecule has 1 fully saturated rings. The number of amides is 1. The lowest BCUT2D eigenvalue weighted by Gasteiger charge is -2.31. The van der Waals surface area contributed by atoms with Gasteiger partial charge in [-0.25, -0.2) is 4.98 Å². The van der Waals surface area contributed by atoms with Crippen LogP contribution < -0.4 is 10.3 Å². The second-order valence-corrected chi connectivity index (χ2v) is 8.39. The molecule has 4 rings (SSSR count). The summed E-state index contributed by atoms with van der Waals surface area (Å²) in [5, 5.41) is 1.01. The lowest BCUT2D eigenvalue weighted by Crippen LogP contribution is -2.40. The van der Waals surface area contributed by atoms with Crippen LogP contribution in [-0.4, -0.2) is 71.1 Å². The number of carbonyl (C=O) groups excluding carboxylic acids is 1. The number of aryl methyl sites for hydroxylation is 1. The van der Waals surface area contributed by atoms with Crippen LogP contribution in [-0.2, 0) is 11.8 Å². The van der Waals surface area contributed by atoms with Crippen molar-refractivity contribution in [3.8, 4) is 16.9 Å². The van der Waals surface area contributed by atoms with E-state index in [2.05, 4.69) is 20.9 Å². The predicted molar refractivity (Wildman–Crippen MR) is 120 cm³/mol. The van der Waals surface area contributed by atoms with Gasteiger partial charge in [0.2, 0.25) is 5.91 Å². The lowest BCUT2D eigenvalue weighted by atomic mass is 9.93. The number of hydrogen-bond acceptors (Lipinski definition) is 5. The zero-order chi connectivity index (χ0) is 22.1. The molecule has 0 radical (unpaired) electrons. The first-order valence-electron chi connectivity index (χ1n) is 10.5. The fourth-order valence-corrected chi connectivity index (χ4v) is 4.22. The Kier molecular flexibility index (Phi) is 5.82. The molecule has 1 saturated heterocycles. The number of aromatic nitrogens is 3. The summed E-state index contributed by atoms with van der Waals surface area (Å²) < 4.78 is 7.05. The number of nitrogens with one attached hydrogen (secondary N) is 1. The van der Waals surface area contributed by atoms with E-state index in [1.807, 2.05) is 12.3 Å².